The normalized spacial score (nSPS) is 16.8. The van der Waals surface area contributed by atoms with Gasteiger partial charge >= 0.3 is 6.36 Å². The standard InChI is InChI=1S/C4H8O.C3H5F3O/c1-5-4-2-3-4;1-2-7-3(4,5)6/h4H,2-3H2,1H3;2H2,1H3. The van der Waals surface area contributed by atoms with Gasteiger partial charge in [0.15, 0.2) is 0 Å². The maximum Gasteiger partial charge on any atom is 0.522 e. The van der Waals surface area contributed by atoms with Crippen LogP contribution in [0.2, 0.25) is 0 Å². The molecule has 0 aromatic carbocycles. The van der Waals surface area contributed by atoms with E-state index in [4.69, 9.17) is 4.74 Å². The molecule has 0 aromatic rings. The van der Waals surface area contributed by atoms with Crippen molar-refractivity contribution in [3.8, 4) is 0 Å². The summed E-state index contributed by atoms with van der Waals surface area (Å²) in [7, 11) is 1.76. The Bertz CT molecular complexity index is 110. The summed E-state index contributed by atoms with van der Waals surface area (Å²) < 4.78 is 40.6. The van der Waals surface area contributed by atoms with Crippen molar-refractivity contribution < 1.29 is 22.6 Å². The van der Waals surface area contributed by atoms with Crippen molar-refractivity contribution in [1.29, 1.82) is 0 Å². The molecular formula is C7H13F3O2. The fourth-order valence-corrected chi connectivity index (χ4v) is 0.467. The van der Waals surface area contributed by atoms with Gasteiger partial charge in [-0.05, 0) is 19.8 Å². The molecule has 1 saturated carbocycles. The molecule has 74 valence electrons. The van der Waals surface area contributed by atoms with Gasteiger partial charge in [-0.3, -0.25) is 4.74 Å². The Kier molecular flexibility index (Phi) is 5.24. The van der Waals surface area contributed by atoms with Gasteiger partial charge in [-0.15, -0.1) is 13.2 Å². The quantitative estimate of drug-likeness (QED) is 0.659. The van der Waals surface area contributed by atoms with E-state index in [0.717, 1.165) is 0 Å². The lowest BCUT2D eigenvalue weighted by Crippen LogP contribution is -2.12. The Morgan fingerprint density at radius 1 is 1.33 bits per heavy atom. The first kappa shape index (κ1) is 11.7. The van der Waals surface area contributed by atoms with Crippen LogP contribution in [0.15, 0.2) is 0 Å². The van der Waals surface area contributed by atoms with E-state index in [9.17, 15) is 13.2 Å². The van der Waals surface area contributed by atoms with E-state index in [0.29, 0.717) is 6.10 Å². The molecule has 0 atom stereocenters. The minimum Gasteiger partial charge on any atom is -0.381 e. The predicted octanol–water partition coefficient (Wildman–Crippen LogP) is 2.34. The molecule has 0 N–H and O–H groups in total. The third-order valence-electron chi connectivity index (χ3n) is 1.17. The van der Waals surface area contributed by atoms with Gasteiger partial charge in [0.2, 0.25) is 0 Å². The summed E-state index contributed by atoms with van der Waals surface area (Å²) in [5.74, 6) is 0. The lowest BCUT2D eigenvalue weighted by atomic mass is 10.9. The van der Waals surface area contributed by atoms with Crippen LogP contribution in [-0.4, -0.2) is 26.2 Å². The maximum atomic E-state index is 10.8. The highest BCUT2D eigenvalue weighted by atomic mass is 19.4. The summed E-state index contributed by atoms with van der Waals surface area (Å²) in [6.45, 7) is 0.969. The zero-order chi connectivity index (χ0) is 9.61. The predicted molar refractivity (Wildman–Crippen MR) is 37.7 cm³/mol. The molecule has 0 unspecified atom stereocenters. The average Bonchev–Trinajstić information content (AvgIpc) is 2.66. The summed E-state index contributed by atoms with van der Waals surface area (Å²) >= 11 is 0. The van der Waals surface area contributed by atoms with E-state index in [1.165, 1.54) is 19.8 Å². The molecule has 0 aliphatic heterocycles. The second-order valence-electron chi connectivity index (χ2n) is 2.31. The van der Waals surface area contributed by atoms with E-state index < -0.39 is 6.36 Å². The SMILES string of the molecule is CCOC(F)(F)F.COC1CC1. The van der Waals surface area contributed by atoms with E-state index >= 15 is 0 Å². The lowest BCUT2D eigenvalue weighted by molar-refractivity contribution is -0.322. The molecule has 0 spiro atoms. The van der Waals surface area contributed by atoms with Gasteiger partial charge < -0.3 is 4.74 Å². The number of hydrogen-bond acceptors (Lipinski definition) is 2. The lowest BCUT2D eigenvalue weighted by Gasteiger charge is -2.01. The molecule has 1 rings (SSSR count). The van der Waals surface area contributed by atoms with Gasteiger partial charge in [0.25, 0.3) is 0 Å². The highest BCUT2D eigenvalue weighted by Gasteiger charge is 2.27. The molecule has 0 heterocycles. The van der Waals surface area contributed by atoms with Gasteiger partial charge in [0.1, 0.15) is 0 Å². The maximum absolute atomic E-state index is 10.8. The van der Waals surface area contributed by atoms with E-state index in [1.807, 2.05) is 0 Å². The Balaban J connectivity index is 0.000000211. The van der Waals surface area contributed by atoms with Crippen LogP contribution in [0.5, 0.6) is 0 Å². The first-order valence-electron chi connectivity index (χ1n) is 3.73. The van der Waals surface area contributed by atoms with E-state index in [-0.39, 0.29) is 6.61 Å². The van der Waals surface area contributed by atoms with Crippen LogP contribution in [-0.2, 0) is 9.47 Å². The summed E-state index contributed by atoms with van der Waals surface area (Å²) in [5, 5.41) is 0. The molecule has 1 fully saturated rings. The molecule has 1 aliphatic rings. The van der Waals surface area contributed by atoms with Crippen LogP contribution in [0.25, 0.3) is 0 Å². The zero-order valence-electron chi connectivity index (χ0n) is 7.15. The zero-order valence-corrected chi connectivity index (χ0v) is 7.15. The second kappa shape index (κ2) is 5.37. The second-order valence-corrected chi connectivity index (χ2v) is 2.31. The summed E-state index contributed by atoms with van der Waals surface area (Å²) in [6, 6.07) is 0. The molecule has 5 heteroatoms. The number of hydrogen-bond donors (Lipinski definition) is 0. The molecule has 12 heavy (non-hydrogen) atoms. The largest absolute Gasteiger partial charge is 0.522 e. The molecule has 2 nitrogen and oxygen atoms in total. The monoisotopic (exact) mass is 186 g/mol. The average molecular weight is 186 g/mol. The van der Waals surface area contributed by atoms with Gasteiger partial charge in [0.05, 0.1) is 12.7 Å². The number of rotatable bonds is 2. The smallest absolute Gasteiger partial charge is 0.381 e. The van der Waals surface area contributed by atoms with Crippen LogP contribution in [0.4, 0.5) is 13.2 Å². The first-order valence-corrected chi connectivity index (χ1v) is 3.73. The van der Waals surface area contributed by atoms with Crippen molar-refractivity contribution in [2.75, 3.05) is 13.7 Å². The Morgan fingerprint density at radius 2 is 1.83 bits per heavy atom. The van der Waals surface area contributed by atoms with Crippen molar-refractivity contribution in [1.82, 2.24) is 0 Å². The molecule has 0 aromatic heterocycles. The van der Waals surface area contributed by atoms with Crippen LogP contribution in [0, 0.1) is 0 Å². The van der Waals surface area contributed by atoms with Crippen LogP contribution in [0.1, 0.15) is 19.8 Å². The molecular weight excluding hydrogens is 173 g/mol. The van der Waals surface area contributed by atoms with Crippen molar-refractivity contribution in [2.24, 2.45) is 0 Å². The fourth-order valence-electron chi connectivity index (χ4n) is 0.467. The van der Waals surface area contributed by atoms with E-state index in [2.05, 4.69) is 4.74 Å². The minimum atomic E-state index is -4.45. The van der Waals surface area contributed by atoms with Crippen LogP contribution >= 0.6 is 0 Å². The highest BCUT2D eigenvalue weighted by Crippen LogP contribution is 2.21. The molecule has 0 amide bonds. The number of methoxy groups -OCH3 is 1. The highest BCUT2D eigenvalue weighted by molar-refractivity contribution is 4.71. The third kappa shape index (κ3) is 9.71. The van der Waals surface area contributed by atoms with E-state index in [1.54, 1.807) is 7.11 Å². The third-order valence-corrected chi connectivity index (χ3v) is 1.17. The number of alkyl halides is 3. The Hall–Kier alpha value is -0.290. The van der Waals surface area contributed by atoms with Crippen LogP contribution < -0.4 is 0 Å². The minimum absolute atomic E-state index is 0.316. The van der Waals surface area contributed by atoms with Gasteiger partial charge in [-0.1, -0.05) is 0 Å². The Labute approximate surface area is 69.7 Å². The molecule has 1 aliphatic carbocycles. The Morgan fingerprint density at radius 3 is 1.83 bits per heavy atom. The van der Waals surface area contributed by atoms with Gasteiger partial charge in [-0.25, -0.2) is 0 Å². The van der Waals surface area contributed by atoms with Crippen molar-refractivity contribution >= 4 is 0 Å². The van der Waals surface area contributed by atoms with Crippen molar-refractivity contribution in [2.45, 2.75) is 32.2 Å². The van der Waals surface area contributed by atoms with Crippen molar-refractivity contribution in [3.63, 3.8) is 0 Å². The topological polar surface area (TPSA) is 18.5 Å². The summed E-state index contributed by atoms with van der Waals surface area (Å²) in [4.78, 5) is 0. The number of ether oxygens (including phenoxy) is 2. The first-order chi connectivity index (χ1) is 5.49. The van der Waals surface area contributed by atoms with Gasteiger partial charge in [-0.2, -0.15) is 0 Å². The fraction of sp³-hybridized carbons (Fsp3) is 1.00. The molecule has 0 radical (unpaired) electrons. The number of halogens is 3. The molecule has 0 saturated heterocycles. The van der Waals surface area contributed by atoms with Gasteiger partial charge in [0, 0.05) is 7.11 Å². The summed E-state index contributed by atoms with van der Waals surface area (Å²) in [5.41, 5.74) is 0. The van der Waals surface area contributed by atoms with Crippen molar-refractivity contribution in [3.05, 3.63) is 0 Å². The molecule has 0 bridgehead atoms. The summed E-state index contributed by atoms with van der Waals surface area (Å²) in [6.07, 6.45) is -1.24. The van der Waals surface area contributed by atoms with Crippen LogP contribution in [0.3, 0.4) is 0 Å².